The van der Waals surface area contributed by atoms with E-state index in [-0.39, 0.29) is 12.2 Å². The minimum absolute atomic E-state index is 0.0634. The van der Waals surface area contributed by atoms with Crippen LogP contribution in [0, 0.1) is 0 Å². The lowest BCUT2D eigenvalue weighted by atomic mass is 9.98. The van der Waals surface area contributed by atoms with Crippen LogP contribution in [-0.2, 0) is 4.74 Å². The van der Waals surface area contributed by atoms with Crippen LogP contribution in [-0.4, -0.2) is 28.4 Å². The molecule has 3 rings (SSSR count). The fourth-order valence-electron chi connectivity index (χ4n) is 2.94. The van der Waals surface area contributed by atoms with Gasteiger partial charge in [-0.1, -0.05) is 72.4 Å². The molecule has 0 amide bonds. The van der Waals surface area contributed by atoms with Gasteiger partial charge >= 0.3 is 5.97 Å². The van der Waals surface area contributed by atoms with Crippen molar-refractivity contribution < 1.29 is 9.53 Å². The van der Waals surface area contributed by atoms with E-state index < -0.39 is 17.6 Å². The predicted octanol–water partition coefficient (Wildman–Crippen LogP) is 3.78. The van der Waals surface area contributed by atoms with Gasteiger partial charge in [0.05, 0.1) is 18.8 Å². The van der Waals surface area contributed by atoms with E-state index in [4.69, 9.17) is 4.74 Å². The molecule has 0 spiro atoms. The summed E-state index contributed by atoms with van der Waals surface area (Å²) in [6.07, 6.45) is 3.16. The van der Waals surface area contributed by atoms with Crippen LogP contribution in [0.2, 0.25) is 0 Å². The number of hydrogen-bond acceptors (Lipinski definition) is 5. The second-order valence-electron chi connectivity index (χ2n) is 5.78. The molecule has 6 heteroatoms. The lowest BCUT2D eigenvalue weighted by molar-refractivity contribution is 0.0522. The molecule has 0 aliphatic carbocycles. The van der Waals surface area contributed by atoms with E-state index in [1.165, 1.54) is 18.0 Å². The zero-order valence-electron chi connectivity index (χ0n) is 15.2. The predicted molar refractivity (Wildman–Crippen MR) is 106 cm³/mol. The van der Waals surface area contributed by atoms with Crippen molar-refractivity contribution in [2.24, 2.45) is 0 Å². The number of ether oxygens (including phenoxy) is 1. The second-order valence-corrected chi connectivity index (χ2v) is 6.55. The molecule has 2 aromatic carbocycles. The molecule has 1 heterocycles. The molecular formula is C21H20N2O3S. The molecule has 0 bridgehead atoms. The number of aromatic nitrogens is 2. The molecule has 138 valence electrons. The average Bonchev–Trinajstić information content (AvgIpc) is 2.71. The molecule has 0 N–H and O–H groups in total. The van der Waals surface area contributed by atoms with Crippen LogP contribution in [0.3, 0.4) is 0 Å². The first-order valence-electron chi connectivity index (χ1n) is 8.60. The molecule has 5 nitrogen and oxygen atoms in total. The Balaban J connectivity index is 2.27. The summed E-state index contributed by atoms with van der Waals surface area (Å²) in [7, 11) is 0. The summed E-state index contributed by atoms with van der Waals surface area (Å²) >= 11 is 1.36. The van der Waals surface area contributed by atoms with E-state index in [9.17, 15) is 9.59 Å². The van der Waals surface area contributed by atoms with Gasteiger partial charge in [-0.15, -0.1) is 0 Å². The molecule has 1 aromatic heterocycles. The maximum Gasteiger partial charge on any atom is 0.345 e. The number of carbonyl (C=O) groups excluding carboxylic acids is 1. The van der Waals surface area contributed by atoms with Crippen LogP contribution in [0.15, 0.2) is 76.8 Å². The summed E-state index contributed by atoms with van der Waals surface area (Å²) in [4.78, 5) is 29.9. The summed E-state index contributed by atoms with van der Waals surface area (Å²) in [5.74, 6) is -0.656. The Morgan fingerprint density at radius 3 is 2.11 bits per heavy atom. The Morgan fingerprint density at radius 2 is 1.63 bits per heavy atom. The highest BCUT2D eigenvalue weighted by atomic mass is 32.2. The molecule has 0 saturated heterocycles. The second kappa shape index (κ2) is 8.68. The van der Waals surface area contributed by atoms with Gasteiger partial charge in [0.2, 0.25) is 0 Å². The molecule has 27 heavy (non-hydrogen) atoms. The molecule has 0 radical (unpaired) electrons. The summed E-state index contributed by atoms with van der Waals surface area (Å²) in [5, 5.41) is 0.533. The van der Waals surface area contributed by atoms with Crippen LogP contribution in [0.25, 0.3) is 0 Å². The van der Waals surface area contributed by atoms with Crippen molar-refractivity contribution in [3.05, 3.63) is 93.9 Å². The molecule has 0 atom stereocenters. The largest absolute Gasteiger partial charge is 0.462 e. The van der Waals surface area contributed by atoms with Gasteiger partial charge in [-0.3, -0.25) is 9.36 Å². The van der Waals surface area contributed by atoms with Crippen molar-refractivity contribution in [3.63, 3.8) is 0 Å². The maximum absolute atomic E-state index is 13.3. The van der Waals surface area contributed by atoms with Crippen molar-refractivity contribution in [3.8, 4) is 0 Å². The van der Waals surface area contributed by atoms with Crippen molar-refractivity contribution in [2.75, 3.05) is 12.9 Å². The monoisotopic (exact) mass is 380 g/mol. The Hall–Kier alpha value is -2.86. The number of nitrogens with zero attached hydrogens (tertiary/aromatic N) is 2. The van der Waals surface area contributed by atoms with E-state index in [2.05, 4.69) is 4.98 Å². The maximum atomic E-state index is 13.3. The van der Waals surface area contributed by atoms with Gasteiger partial charge in [0.1, 0.15) is 5.56 Å². The number of rotatable bonds is 6. The SMILES string of the molecule is CCOC(=O)c1cnc(SC)n(C(c2ccccc2)c2ccccc2)c1=O. The van der Waals surface area contributed by atoms with Gasteiger partial charge in [0.25, 0.3) is 5.56 Å². The number of esters is 1. The van der Waals surface area contributed by atoms with Crippen molar-refractivity contribution >= 4 is 17.7 Å². The molecule has 0 aliphatic heterocycles. The van der Waals surface area contributed by atoms with Crippen molar-refractivity contribution in [1.82, 2.24) is 9.55 Å². The topological polar surface area (TPSA) is 61.2 Å². The quantitative estimate of drug-likeness (QED) is 0.370. The van der Waals surface area contributed by atoms with E-state index in [0.717, 1.165) is 11.1 Å². The van der Waals surface area contributed by atoms with Gasteiger partial charge < -0.3 is 4.74 Å². The lowest BCUT2D eigenvalue weighted by Crippen LogP contribution is -2.33. The standard InChI is InChI=1S/C21H20N2O3S/c1-3-26-20(25)17-14-22-21(27-2)23(19(17)24)18(15-10-6-4-7-11-15)16-12-8-5-9-13-16/h4-14,18H,3H2,1-2H3. The fraction of sp³-hybridized carbons (Fsp3) is 0.190. The van der Waals surface area contributed by atoms with Crippen LogP contribution >= 0.6 is 11.8 Å². The number of carbonyl (C=O) groups is 1. The number of benzene rings is 2. The van der Waals surface area contributed by atoms with Crippen LogP contribution in [0.5, 0.6) is 0 Å². The highest BCUT2D eigenvalue weighted by Gasteiger charge is 2.24. The first kappa shape index (κ1) is 18.9. The lowest BCUT2D eigenvalue weighted by Gasteiger charge is -2.23. The number of hydrogen-bond donors (Lipinski definition) is 0. The third kappa shape index (κ3) is 3.95. The van der Waals surface area contributed by atoms with E-state index in [0.29, 0.717) is 5.16 Å². The first-order chi connectivity index (χ1) is 13.2. The van der Waals surface area contributed by atoms with Crippen LogP contribution in [0.4, 0.5) is 0 Å². The Kier molecular flexibility index (Phi) is 6.08. The third-order valence-electron chi connectivity index (χ3n) is 4.13. The normalized spacial score (nSPS) is 10.8. The van der Waals surface area contributed by atoms with Gasteiger partial charge in [-0.2, -0.15) is 0 Å². The van der Waals surface area contributed by atoms with Gasteiger partial charge in [0, 0.05) is 0 Å². The highest BCUT2D eigenvalue weighted by molar-refractivity contribution is 7.98. The van der Waals surface area contributed by atoms with Crippen molar-refractivity contribution in [2.45, 2.75) is 18.1 Å². The summed E-state index contributed by atoms with van der Waals surface area (Å²) in [6, 6.07) is 19.0. The molecular weight excluding hydrogens is 360 g/mol. The summed E-state index contributed by atoms with van der Waals surface area (Å²) in [6.45, 7) is 1.90. The zero-order valence-corrected chi connectivity index (χ0v) is 16.0. The van der Waals surface area contributed by atoms with Crippen LogP contribution < -0.4 is 5.56 Å². The van der Waals surface area contributed by atoms with Gasteiger partial charge in [-0.25, -0.2) is 9.78 Å². The highest BCUT2D eigenvalue weighted by Crippen LogP contribution is 2.28. The molecule has 0 fully saturated rings. The zero-order chi connectivity index (χ0) is 19.2. The summed E-state index contributed by atoms with van der Waals surface area (Å²) < 4.78 is 6.60. The smallest absolute Gasteiger partial charge is 0.345 e. The van der Waals surface area contributed by atoms with Gasteiger partial charge in [0.15, 0.2) is 5.16 Å². The van der Waals surface area contributed by atoms with Gasteiger partial charge in [-0.05, 0) is 24.3 Å². The van der Waals surface area contributed by atoms with E-state index in [1.54, 1.807) is 11.5 Å². The van der Waals surface area contributed by atoms with E-state index in [1.807, 2.05) is 66.9 Å². The fourth-order valence-corrected chi connectivity index (χ4v) is 3.49. The Labute approximate surface area is 162 Å². The average molecular weight is 380 g/mol. The molecule has 3 aromatic rings. The number of thioether (sulfide) groups is 1. The van der Waals surface area contributed by atoms with E-state index >= 15 is 0 Å². The molecule has 0 saturated carbocycles. The summed E-state index contributed by atoms with van der Waals surface area (Å²) in [5.41, 5.74) is 1.39. The van der Waals surface area contributed by atoms with Crippen molar-refractivity contribution in [1.29, 1.82) is 0 Å². The molecule has 0 unspecified atom stereocenters. The Bertz CT molecular complexity index is 932. The minimum Gasteiger partial charge on any atom is -0.462 e. The Morgan fingerprint density at radius 1 is 1.07 bits per heavy atom. The third-order valence-corrected chi connectivity index (χ3v) is 4.79. The minimum atomic E-state index is -0.656. The molecule has 0 aliphatic rings. The van der Waals surface area contributed by atoms with Crippen LogP contribution in [0.1, 0.15) is 34.5 Å². The first-order valence-corrected chi connectivity index (χ1v) is 9.82.